The summed E-state index contributed by atoms with van der Waals surface area (Å²) in [6.45, 7) is 4.15. The highest BCUT2D eigenvalue weighted by Gasteiger charge is 2.26. The fraction of sp³-hybridized carbons (Fsp3) is 0.529. The van der Waals surface area contributed by atoms with Crippen molar-refractivity contribution >= 4 is 23.7 Å². The van der Waals surface area contributed by atoms with Gasteiger partial charge in [-0.15, -0.1) is 23.7 Å². The van der Waals surface area contributed by atoms with Crippen molar-refractivity contribution in [1.29, 1.82) is 0 Å². The molecule has 3 heterocycles. The van der Waals surface area contributed by atoms with Gasteiger partial charge in [0, 0.05) is 61.6 Å². The maximum Gasteiger partial charge on any atom is 0.0959 e. The molecule has 1 aliphatic heterocycles. The van der Waals surface area contributed by atoms with Crippen molar-refractivity contribution in [1.82, 2.24) is 20.2 Å². The van der Waals surface area contributed by atoms with Crippen molar-refractivity contribution in [2.45, 2.75) is 37.8 Å². The lowest BCUT2D eigenvalue weighted by molar-refractivity contribution is 0.155. The van der Waals surface area contributed by atoms with E-state index in [1.807, 2.05) is 29.8 Å². The molecule has 6 heteroatoms. The Morgan fingerprint density at radius 1 is 1.30 bits per heavy atom. The lowest BCUT2D eigenvalue weighted by Crippen LogP contribution is -2.45. The van der Waals surface area contributed by atoms with Gasteiger partial charge in [0.1, 0.15) is 0 Å². The molecule has 1 saturated heterocycles. The van der Waals surface area contributed by atoms with Gasteiger partial charge in [0.2, 0.25) is 0 Å². The Morgan fingerprint density at radius 3 is 2.96 bits per heavy atom. The van der Waals surface area contributed by atoms with E-state index < -0.39 is 0 Å². The van der Waals surface area contributed by atoms with Crippen molar-refractivity contribution in [2.24, 2.45) is 0 Å². The Balaban J connectivity index is 0.00000156. The van der Waals surface area contributed by atoms with Gasteiger partial charge in [-0.3, -0.25) is 9.88 Å². The highest BCUT2D eigenvalue weighted by atomic mass is 35.5. The lowest BCUT2D eigenvalue weighted by Gasteiger charge is -2.36. The Hall–Kier alpha value is -1.01. The number of hydrogen-bond acceptors (Lipinski definition) is 5. The van der Waals surface area contributed by atoms with Crippen molar-refractivity contribution in [3.05, 3.63) is 46.2 Å². The number of nitrogens with zero attached hydrogens (tertiary/aromatic N) is 3. The summed E-state index contributed by atoms with van der Waals surface area (Å²) in [6, 6.07) is 4.63. The van der Waals surface area contributed by atoms with Crippen LogP contribution >= 0.6 is 23.7 Å². The molecular weight excluding hydrogens is 328 g/mol. The van der Waals surface area contributed by atoms with Gasteiger partial charge in [0.15, 0.2) is 0 Å². The number of halogens is 1. The monoisotopic (exact) mass is 350 g/mol. The van der Waals surface area contributed by atoms with E-state index in [4.69, 9.17) is 0 Å². The second-order valence-electron chi connectivity index (χ2n) is 6.27. The molecule has 2 aromatic heterocycles. The summed E-state index contributed by atoms with van der Waals surface area (Å²) in [4.78, 5) is 12.9. The Labute approximate surface area is 147 Å². The van der Waals surface area contributed by atoms with Crippen LogP contribution in [0, 0.1) is 0 Å². The minimum absolute atomic E-state index is 0. The minimum Gasteiger partial charge on any atom is -0.314 e. The number of rotatable bonds is 4. The molecule has 0 radical (unpaired) electrons. The van der Waals surface area contributed by atoms with E-state index in [9.17, 15) is 0 Å². The van der Waals surface area contributed by atoms with Gasteiger partial charge in [-0.2, -0.15) is 0 Å². The second kappa shape index (κ2) is 7.71. The molecule has 4 nitrogen and oxygen atoms in total. The largest absolute Gasteiger partial charge is 0.314 e. The molecule has 1 aliphatic carbocycles. The first kappa shape index (κ1) is 16.8. The van der Waals surface area contributed by atoms with Crippen LogP contribution in [0.4, 0.5) is 0 Å². The van der Waals surface area contributed by atoms with E-state index in [1.54, 1.807) is 0 Å². The predicted octanol–water partition coefficient (Wildman–Crippen LogP) is 3.37. The van der Waals surface area contributed by atoms with Gasteiger partial charge in [-0.25, -0.2) is 4.98 Å². The smallest absolute Gasteiger partial charge is 0.0959 e. The van der Waals surface area contributed by atoms with Crippen LogP contribution in [0.3, 0.4) is 0 Å². The van der Waals surface area contributed by atoms with Crippen molar-refractivity contribution < 1.29 is 0 Å². The zero-order valence-corrected chi connectivity index (χ0v) is 14.8. The van der Waals surface area contributed by atoms with E-state index in [0.717, 1.165) is 32.1 Å². The minimum atomic E-state index is 0. The summed E-state index contributed by atoms with van der Waals surface area (Å²) in [5.74, 6) is 0.746. The van der Waals surface area contributed by atoms with Gasteiger partial charge in [0.05, 0.1) is 5.01 Å². The number of pyridine rings is 1. The molecule has 0 amide bonds. The lowest BCUT2D eigenvalue weighted by atomic mass is 9.86. The van der Waals surface area contributed by atoms with E-state index in [1.165, 1.54) is 34.7 Å². The van der Waals surface area contributed by atoms with Crippen LogP contribution in [0.2, 0.25) is 0 Å². The summed E-state index contributed by atoms with van der Waals surface area (Å²) in [5.41, 5.74) is 1.30. The Kier molecular flexibility index (Phi) is 5.64. The van der Waals surface area contributed by atoms with Crippen molar-refractivity contribution in [3.63, 3.8) is 0 Å². The van der Waals surface area contributed by atoms with Crippen LogP contribution in [0.5, 0.6) is 0 Å². The van der Waals surface area contributed by atoms with Crippen LogP contribution in [0.25, 0.3) is 0 Å². The Bertz CT molecular complexity index is 614. The van der Waals surface area contributed by atoms with Crippen LogP contribution < -0.4 is 5.32 Å². The first-order chi connectivity index (χ1) is 10.9. The van der Waals surface area contributed by atoms with Crippen molar-refractivity contribution in [2.75, 3.05) is 19.6 Å². The zero-order valence-electron chi connectivity index (χ0n) is 13.1. The number of aromatic nitrogens is 2. The molecule has 0 aromatic carbocycles. The fourth-order valence-corrected chi connectivity index (χ4v) is 4.39. The summed E-state index contributed by atoms with van der Waals surface area (Å²) < 4.78 is 0. The molecule has 1 atom stereocenters. The highest BCUT2D eigenvalue weighted by Crippen LogP contribution is 2.38. The standard InChI is InChI=1S/C17H22N4S.ClH/c1-3-13(4-1)17-20-10-15(22-17)12-21-8-7-19-11-16(21)14-5-2-6-18-9-14;/h2,5-6,9-10,13,16,19H,1,3-4,7-8,11-12H2;1H. The van der Waals surface area contributed by atoms with E-state index in [2.05, 4.69) is 32.4 Å². The van der Waals surface area contributed by atoms with Gasteiger partial charge < -0.3 is 5.32 Å². The second-order valence-corrected chi connectivity index (χ2v) is 7.42. The topological polar surface area (TPSA) is 41.1 Å². The van der Waals surface area contributed by atoms with Crippen LogP contribution in [0.15, 0.2) is 30.7 Å². The van der Waals surface area contributed by atoms with Gasteiger partial charge in [0.25, 0.3) is 0 Å². The SMILES string of the molecule is Cl.c1cncc(C2CNCCN2Cc2cnc(C3CCC3)s2)c1. The average molecular weight is 351 g/mol. The first-order valence-corrected chi connectivity index (χ1v) is 9.01. The summed E-state index contributed by atoms with van der Waals surface area (Å²) in [6.07, 6.45) is 9.98. The quantitative estimate of drug-likeness (QED) is 0.917. The fourth-order valence-electron chi connectivity index (χ4n) is 3.28. The predicted molar refractivity (Wildman–Crippen MR) is 96.2 cm³/mol. The normalized spacial score (nSPS) is 22.3. The third-order valence-corrected chi connectivity index (χ3v) is 5.95. The van der Waals surface area contributed by atoms with Crippen LogP contribution in [-0.2, 0) is 6.54 Å². The zero-order chi connectivity index (χ0) is 14.8. The molecule has 23 heavy (non-hydrogen) atoms. The Morgan fingerprint density at radius 2 is 2.22 bits per heavy atom. The van der Waals surface area contributed by atoms with E-state index in [0.29, 0.717) is 6.04 Å². The molecule has 4 rings (SSSR count). The maximum absolute atomic E-state index is 4.67. The number of thiazole rings is 1. The number of hydrogen-bond donors (Lipinski definition) is 1. The molecule has 1 saturated carbocycles. The molecule has 1 N–H and O–H groups in total. The molecular formula is C17H23ClN4S. The third-order valence-electron chi connectivity index (χ3n) is 4.81. The molecule has 124 valence electrons. The van der Waals surface area contributed by atoms with Crippen LogP contribution in [0.1, 0.15) is 46.7 Å². The highest BCUT2D eigenvalue weighted by molar-refractivity contribution is 7.11. The van der Waals surface area contributed by atoms with Gasteiger partial charge in [-0.1, -0.05) is 12.5 Å². The van der Waals surface area contributed by atoms with Gasteiger partial charge in [-0.05, 0) is 24.5 Å². The molecule has 2 fully saturated rings. The van der Waals surface area contributed by atoms with E-state index >= 15 is 0 Å². The first-order valence-electron chi connectivity index (χ1n) is 8.19. The molecule has 1 unspecified atom stereocenters. The summed E-state index contributed by atoms with van der Waals surface area (Å²) in [7, 11) is 0. The molecule has 2 aromatic rings. The van der Waals surface area contributed by atoms with E-state index in [-0.39, 0.29) is 12.4 Å². The maximum atomic E-state index is 4.67. The molecule has 0 bridgehead atoms. The molecule has 2 aliphatic rings. The molecule has 0 spiro atoms. The number of nitrogens with one attached hydrogen (secondary N) is 1. The number of piperazine rings is 1. The summed E-state index contributed by atoms with van der Waals surface area (Å²) in [5, 5.41) is 4.86. The van der Waals surface area contributed by atoms with Gasteiger partial charge >= 0.3 is 0 Å². The van der Waals surface area contributed by atoms with Crippen molar-refractivity contribution in [3.8, 4) is 0 Å². The van der Waals surface area contributed by atoms with Crippen LogP contribution in [-0.4, -0.2) is 34.5 Å². The summed E-state index contributed by atoms with van der Waals surface area (Å²) >= 11 is 1.92. The average Bonchev–Trinajstić information content (AvgIpc) is 2.95. The third kappa shape index (κ3) is 3.74.